The number of aliphatic hydroxyl groups is 1. The molecule has 1 N–H and O–H groups in total. The molecule has 0 spiro atoms. The minimum absolute atomic E-state index is 0.471. The average molecular weight is 241 g/mol. The SMILES string of the molecule is CCOC(OCC)C(O)c1cncc(OC)c1. The second kappa shape index (κ2) is 7.21. The minimum atomic E-state index is -0.877. The molecule has 0 saturated heterocycles. The molecule has 96 valence electrons. The van der Waals surface area contributed by atoms with Crippen LogP contribution in [0.1, 0.15) is 25.5 Å². The normalized spacial score (nSPS) is 12.8. The van der Waals surface area contributed by atoms with Crippen molar-refractivity contribution < 1.29 is 19.3 Å². The Hall–Kier alpha value is -1.17. The molecule has 0 radical (unpaired) electrons. The second-order valence-corrected chi connectivity index (χ2v) is 3.38. The van der Waals surface area contributed by atoms with Crippen molar-refractivity contribution in [1.29, 1.82) is 0 Å². The minimum Gasteiger partial charge on any atom is -0.495 e. The van der Waals surface area contributed by atoms with Gasteiger partial charge in [0.05, 0.1) is 13.3 Å². The zero-order chi connectivity index (χ0) is 12.7. The molecule has 0 bridgehead atoms. The van der Waals surface area contributed by atoms with Gasteiger partial charge in [0.25, 0.3) is 0 Å². The third-order valence-corrected chi connectivity index (χ3v) is 2.23. The Morgan fingerprint density at radius 1 is 1.24 bits per heavy atom. The lowest BCUT2D eigenvalue weighted by atomic mass is 10.1. The molecular formula is C12H19NO4. The van der Waals surface area contributed by atoms with Crippen LogP contribution in [-0.2, 0) is 9.47 Å². The molecule has 0 aliphatic heterocycles. The Morgan fingerprint density at radius 3 is 2.41 bits per heavy atom. The van der Waals surface area contributed by atoms with Crippen LogP contribution in [0.4, 0.5) is 0 Å². The zero-order valence-electron chi connectivity index (χ0n) is 10.4. The maximum absolute atomic E-state index is 10.1. The fourth-order valence-electron chi connectivity index (χ4n) is 1.43. The third-order valence-electron chi connectivity index (χ3n) is 2.23. The smallest absolute Gasteiger partial charge is 0.187 e. The zero-order valence-corrected chi connectivity index (χ0v) is 10.4. The summed E-state index contributed by atoms with van der Waals surface area (Å²) in [5, 5.41) is 10.1. The Morgan fingerprint density at radius 2 is 1.88 bits per heavy atom. The van der Waals surface area contributed by atoms with Crippen molar-refractivity contribution in [3.63, 3.8) is 0 Å². The molecule has 0 saturated carbocycles. The first-order chi connectivity index (χ1) is 8.22. The van der Waals surface area contributed by atoms with Gasteiger partial charge in [0.1, 0.15) is 11.9 Å². The van der Waals surface area contributed by atoms with Crippen molar-refractivity contribution in [1.82, 2.24) is 4.98 Å². The van der Waals surface area contributed by atoms with Gasteiger partial charge in [0, 0.05) is 25.0 Å². The van der Waals surface area contributed by atoms with Gasteiger partial charge in [-0.2, -0.15) is 0 Å². The summed E-state index contributed by atoms with van der Waals surface area (Å²) in [6.45, 7) is 4.64. The molecule has 0 aliphatic carbocycles. The Kier molecular flexibility index (Phi) is 5.90. The number of ether oxygens (including phenoxy) is 3. The number of nitrogens with zero attached hydrogens (tertiary/aromatic N) is 1. The molecular weight excluding hydrogens is 222 g/mol. The van der Waals surface area contributed by atoms with Gasteiger partial charge in [-0.25, -0.2) is 0 Å². The van der Waals surface area contributed by atoms with Gasteiger partial charge in [0.2, 0.25) is 0 Å². The summed E-state index contributed by atoms with van der Waals surface area (Å²) in [6.07, 6.45) is 1.58. The van der Waals surface area contributed by atoms with E-state index in [0.29, 0.717) is 24.5 Å². The predicted octanol–water partition coefficient (Wildman–Crippen LogP) is 1.52. The summed E-state index contributed by atoms with van der Waals surface area (Å²) in [6, 6.07) is 1.71. The van der Waals surface area contributed by atoms with E-state index in [2.05, 4.69) is 4.98 Å². The summed E-state index contributed by atoms with van der Waals surface area (Å²) in [5.74, 6) is 0.591. The molecule has 17 heavy (non-hydrogen) atoms. The first-order valence-corrected chi connectivity index (χ1v) is 5.63. The highest BCUT2D eigenvalue weighted by Crippen LogP contribution is 2.22. The van der Waals surface area contributed by atoms with E-state index >= 15 is 0 Å². The predicted molar refractivity (Wildman–Crippen MR) is 62.8 cm³/mol. The molecule has 1 aromatic heterocycles. The summed E-state index contributed by atoms with van der Waals surface area (Å²) >= 11 is 0. The fourth-order valence-corrected chi connectivity index (χ4v) is 1.43. The highest BCUT2D eigenvalue weighted by Gasteiger charge is 2.22. The second-order valence-electron chi connectivity index (χ2n) is 3.38. The lowest BCUT2D eigenvalue weighted by Gasteiger charge is -2.22. The van der Waals surface area contributed by atoms with Crippen LogP contribution in [0.15, 0.2) is 18.5 Å². The van der Waals surface area contributed by atoms with Crippen molar-refractivity contribution in [3.8, 4) is 5.75 Å². The first-order valence-electron chi connectivity index (χ1n) is 5.63. The number of pyridine rings is 1. The van der Waals surface area contributed by atoms with Gasteiger partial charge in [-0.15, -0.1) is 0 Å². The van der Waals surface area contributed by atoms with Gasteiger partial charge < -0.3 is 19.3 Å². The molecule has 0 fully saturated rings. The number of aliphatic hydroxyl groups excluding tert-OH is 1. The van der Waals surface area contributed by atoms with Crippen molar-refractivity contribution in [2.45, 2.75) is 26.2 Å². The quantitative estimate of drug-likeness (QED) is 0.733. The molecule has 0 aliphatic rings. The van der Waals surface area contributed by atoms with Gasteiger partial charge in [-0.05, 0) is 19.9 Å². The van der Waals surface area contributed by atoms with E-state index in [1.54, 1.807) is 25.6 Å². The molecule has 0 amide bonds. The topological polar surface area (TPSA) is 60.8 Å². The van der Waals surface area contributed by atoms with Crippen LogP contribution in [-0.4, -0.2) is 36.7 Å². The Bertz CT molecular complexity index is 326. The number of methoxy groups -OCH3 is 1. The van der Waals surface area contributed by atoms with Gasteiger partial charge in [0.15, 0.2) is 6.29 Å². The maximum atomic E-state index is 10.1. The molecule has 1 unspecified atom stereocenters. The number of aromatic nitrogens is 1. The van der Waals surface area contributed by atoms with Gasteiger partial charge >= 0.3 is 0 Å². The van der Waals surface area contributed by atoms with Crippen molar-refractivity contribution >= 4 is 0 Å². The molecule has 5 nitrogen and oxygen atoms in total. The largest absolute Gasteiger partial charge is 0.495 e. The van der Waals surface area contributed by atoms with Gasteiger partial charge in [-0.3, -0.25) is 4.98 Å². The molecule has 1 rings (SSSR count). The molecule has 0 aromatic carbocycles. The van der Waals surface area contributed by atoms with E-state index in [0.717, 1.165) is 0 Å². The van der Waals surface area contributed by atoms with Crippen LogP contribution in [0, 0.1) is 0 Å². The van der Waals surface area contributed by atoms with E-state index < -0.39 is 12.4 Å². The Balaban J connectivity index is 2.79. The average Bonchev–Trinajstić information content (AvgIpc) is 2.38. The monoisotopic (exact) mass is 241 g/mol. The van der Waals surface area contributed by atoms with Crippen LogP contribution < -0.4 is 4.74 Å². The van der Waals surface area contributed by atoms with Crippen molar-refractivity contribution in [3.05, 3.63) is 24.0 Å². The lowest BCUT2D eigenvalue weighted by molar-refractivity contribution is -0.191. The summed E-state index contributed by atoms with van der Waals surface area (Å²) < 4.78 is 15.7. The van der Waals surface area contributed by atoms with Crippen molar-refractivity contribution in [2.24, 2.45) is 0 Å². The van der Waals surface area contributed by atoms with Crippen LogP contribution in [0.5, 0.6) is 5.75 Å². The lowest BCUT2D eigenvalue weighted by Crippen LogP contribution is -2.25. The fraction of sp³-hybridized carbons (Fsp3) is 0.583. The highest BCUT2D eigenvalue weighted by atomic mass is 16.7. The number of hydrogen-bond acceptors (Lipinski definition) is 5. The van der Waals surface area contributed by atoms with E-state index in [4.69, 9.17) is 14.2 Å². The van der Waals surface area contributed by atoms with E-state index in [-0.39, 0.29) is 0 Å². The maximum Gasteiger partial charge on any atom is 0.187 e. The Labute approximate surface area is 101 Å². The van der Waals surface area contributed by atoms with Gasteiger partial charge in [-0.1, -0.05) is 0 Å². The molecule has 1 aromatic rings. The standard InChI is InChI=1S/C12H19NO4/c1-4-16-12(17-5-2)11(14)9-6-10(15-3)8-13-7-9/h6-8,11-12,14H,4-5H2,1-3H3. The van der Waals surface area contributed by atoms with Crippen LogP contribution in [0.3, 0.4) is 0 Å². The van der Waals surface area contributed by atoms with E-state index in [1.165, 1.54) is 0 Å². The molecule has 1 heterocycles. The summed E-state index contributed by atoms with van der Waals surface area (Å²) in [4.78, 5) is 3.98. The van der Waals surface area contributed by atoms with E-state index in [1.807, 2.05) is 13.8 Å². The van der Waals surface area contributed by atoms with Crippen molar-refractivity contribution in [2.75, 3.05) is 20.3 Å². The third kappa shape index (κ3) is 3.96. The number of rotatable bonds is 7. The highest BCUT2D eigenvalue weighted by molar-refractivity contribution is 5.25. The number of hydrogen-bond donors (Lipinski definition) is 1. The van der Waals surface area contributed by atoms with Crippen LogP contribution in [0.2, 0.25) is 0 Å². The summed E-state index contributed by atoms with van der Waals surface area (Å²) in [5.41, 5.74) is 0.608. The summed E-state index contributed by atoms with van der Waals surface area (Å²) in [7, 11) is 1.55. The van der Waals surface area contributed by atoms with Crippen LogP contribution in [0.25, 0.3) is 0 Å². The van der Waals surface area contributed by atoms with E-state index in [9.17, 15) is 5.11 Å². The molecule has 5 heteroatoms. The first kappa shape index (κ1) is 13.9. The van der Waals surface area contributed by atoms with Crippen LogP contribution >= 0.6 is 0 Å². The molecule has 1 atom stereocenters.